The number of hydrogen-bond donors (Lipinski definition) is 0. The molecular weight excluding hydrogens is 577 g/mol. The van der Waals surface area contributed by atoms with Gasteiger partial charge in [0.25, 0.3) is 0 Å². The van der Waals surface area contributed by atoms with Crippen LogP contribution in [0.25, 0.3) is 87.8 Å². The van der Waals surface area contributed by atoms with Gasteiger partial charge in [-0.3, -0.25) is 0 Å². The van der Waals surface area contributed by atoms with Crippen LogP contribution in [0.3, 0.4) is 0 Å². The van der Waals surface area contributed by atoms with Crippen molar-refractivity contribution in [1.82, 2.24) is 0 Å². The highest BCUT2D eigenvalue weighted by Gasteiger charge is 2.23. The number of benzene rings is 9. The highest BCUT2D eigenvalue weighted by atomic mass is 14.3. The van der Waals surface area contributed by atoms with E-state index >= 15 is 0 Å². The van der Waals surface area contributed by atoms with Gasteiger partial charge in [0.15, 0.2) is 0 Å². The van der Waals surface area contributed by atoms with Crippen molar-refractivity contribution in [2.24, 2.45) is 0 Å². The van der Waals surface area contributed by atoms with Gasteiger partial charge < -0.3 is 0 Å². The summed E-state index contributed by atoms with van der Waals surface area (Å²) >= 11 is 0. The van der Waals surface area contributed by atoms with Gasteiger partial charge in [-0.2, -0.15) is 0 Å². The maximum Gasteiger partial charge on any atom is -0.00139 e. The van der Waals surface area contributed by atoms with E-state index in [-0.39, 0.29) is 0 Å². The standard InChI is InChI=1S/C48H32/c1-3-19-33-31(15-1)17-13-29-35(33)45-37-21-5-9-25-41(37)47(42-26-10-6-22-38(42)45)48-43-27-11-7-23-39(43)46(40-24-8-12-28-44(40)48)36-30-14-18-32-16-2-4-20-34(32)36/h1-13,15-29H,14,30H2. The van der Waals surface area contributed by atoms with Crippen LogP contribution in [0.2, 0.25) is 0 Å². The number of hydrogen-bond acceptors (Lipinski definition) is 0. The van der Waals surface area contributed by atoms with Gasteiger partial charge >= 0.3 is 0 Å². The second-order valence-corrected chi connectivity index (χ2v) is 13.0. The quantitative estimate of drug-likeness (QED) is 0.175. The molecule has 0 heteroatoms. The third-order valence-corrected chi connectivity index (χ3v) is 10.5. The topological polar surface area (TPSA) is 0 Å². The summed E-state index contributed by atoms with van der Waals surface area (Å²) in [6.45, 7) is 0. The molecule has 0 amide bonds. The Hall–Kier alpha value is -5.98. The number of rotatable bonds is 3. The third-order valence-electron chi connectivity index (χ3n) is 10.5. The lowest BCUT2D eigenvalue weighted by atomic mass is 9.79. The SMILES string of the molecule is C1=c2ccccc2=C(c2c3ccccc3c(-c3c4ccccc4c(-c4cccc5ccccc45)c4ccccc34)c3ccccc23)CC1. The average molecular weight is 609 g/mol. The lowest BCUT2D eigenvalue weighted by molar-refractivity contribution is 1.08. The fourth-order valence-electron chi connectivity index (χ4n) is 8.57. The monoisotopic (exact) mass is 608 g/mol. The zero-order chi connectivity index (χ0) is 31.6. The predicted octanol–water partition coefficient (Wildman–Crippen LogP) is 11.6. The highest BCUT2D eigenvalue weighted by Crippen LogP contribution is 2.50. The Balaban J connectivity index is 1.41. The van der Waals surface area contributed by atoms with Crippen LogP contribution in [0.1, 0.15) is 18.4 Å². The van der Waals surface area contributed by atoms with Crippen LogP contribution in [0.5, 0.6) is 0 Å². The molecule has 0 fully saturated rings. The summed E-state index contributed by atoms with van der Waals surface area (Å²) in [4.78, 5) is 0. The summed E-state index contributed by atoms with van der Waals surface area (Å²) in [6, 6.07) is 60.8. The Morgan fingerprint density at radius 1 is 0.312 bits per heavy atom. The Morgan fingerprint density at radius 3 is 1.29 bits per heavy atom. The zero-order valence-electron chi connectivity index (χ0n) is 26.6. The molecule has 1 aliphatic rings. The first-order valence-corrected chi connectivity index (χ1v) is 17.0. The van der Waals surface area contributed by atoms with E-state index in [2.05, 4.69) is 170 Å². The summed E-state index contributed by atoms with van der Waals surface area (Å²) in [5, 5.41) is 15.6. The average Bonchev–Trinajstić information content (AvgIpc) is 3.16. The molecule has 0 bridgehead atoms. The summed E-state index contributed by atoms with van der Waals surface area (Å²) in [7, 11) is 0. The first kappa shape index (κ1) is 27.2. The van der Waals surface area contributed by atoms with E-state index in [1.165, 1.54) is 97.7 Å². The van der Waals surface area contributed by atoms with Gasteiger partial charge in [-0.15, -0.1) is 0 Å². The van der Waals surface area contributed by atoms with Crippen molar-refractivity contribution in [3.05, 3.63) is 180 Å². The van der Waals surface area contributed by atoms with Crippen molar-refractivity contribution in [3.8, 4) is 22.3 Å². The van der Waals surface area contributed by atoms with Crippen molar-refractivity contribution in [1.29, 1.82) is 0 Å². The van der Waals surface area contributed by atoms with Gasteiger partial charge in [0, 0.05) is 0 Å². The molecule has 48 heavy (non-hydrogen) atoms. The molecule has 0 N–H and O–H groups in total. The summed E-state index contributed by atoms with van der Waals surface area (Å²) in [6.07, 6.45) is 4.49. The zero-order valence-corrected chi connectivity index (χ0v) is 26.6. The van der Waals surface area contributed by atoms with Crippen LogP contribution in [-0.2, 0) is 0 Å². The van der Waals surface area contributed by atoms with Gasteiger partial charge in [0.05, 0.1) is 0 Å². The predicted molar refractivity (Wildman–Crippen MR) is 207 cm³/mol. The first-order chi connectivity index (χ1) is 23.9. The van der Waals surface area contributed by atoms with Crippen LogP contribution in [-0.4, -0.2) is 0 Å². The maximum absolute atomic E-state index is 2.40. The minimum absolute atomic E-state index is 1.04. The van der Waals surface area contributed by atoms with E-state index in [9.17, 15) is 0 Å². The van der Waals surface area contributed by atoms with Gasteiger partial charge in [-0.05, 0) is 111 Å². The summed E-state index contributed by atoms with van der Waals surface area (Å²) < 4.78 is 0. The molecule has 0 radical (unpaired) electrons. The lowest BCUT2D eigenvalue weighted by Gasteiger charge is -2.23. The van der Waals surface area contributed by atoms with E-state index in [1.807, 2.05) is 0 Å². The highest BCUT2D eigenvalue weighted by molar-refractivity contribution is 6.29. The molecule has 0 nitrogen and oxygen atoms in total. The first-order valence-electron chi connectivity index (χ1n) is 17.0. The van der Waals surface area contributed by atoms with Gasteiger partial charge in [0.1, 0.15) is 0 Å². The van der Waals surface area contributed by atoms with Crippen LogP contribution in [0, 0.1) is 0 Å². The van der Waals surface area contributed by atoms with E-state index in [0.717, 1.165) is 12.8 Å². The van der Waals surface area contributed by atoms with Crippen LogP contribution in [0.4, 0.5) is 0 Å². The Labute approximate surface area is 279 Å². The minimum Gasteiger partial charge on any atom is -0.0763 e. The molecule has 0 atom stereocenters. The molecule has 224 valence electrons. The molecule has 0 aliphatic heterocycles. The van der Waals surface area contributed by atoms with Crippen molar-refractivity contribution in [2.75, 3.05) is 0 Å². The van der Waals surface area contributed by atoms with E-state index < -0.39 is 0 Å². The van der Waals surface area contributed by atoms with Crippen LogP contribution < -0.4 is 10.4 Å². The molecule has 0 unspecified atom stereocenters. The second kappa shape index (κ2) is 10.8. The van der Waals surface area contributed by atoms with Crippen LogP contribution in [0.15, 0.2) is 164 Å². The Bertz CT molecular complexity index is 2770. The molecule has 0 saturated heterocycles. The smallest absolute Gasteiger partial charge is 0.00139 e. The summed E-state index contributed by atoms with van der Waals surface area (Å²) in [5.74, 6) is 0. The van der Waals surface area contributed by atoms with E-state index in [0.29, 0.717) is 0 Å². The van der Waals surface area contributed by atoms with Crippen molar-refractivity contribution in [2.45, 2.75) is 12.8 Å². The molecule has 9 aromatic rings. The van der Waals surface area contributed by atoms with Gasteiger partial charge in [0.2, 0.25) is 0 Å². The second-order valence-electron chi connectivity index (χ2n) is 13.0. The Kier molecular flexibility index (Phi) is 6.11. The van der Waals surface area contributed by atoms with Gasteiger partial charge in [-0.25, -0.2) is 0 Å². The lowest BCUT2D eigenvalue weighted by Crippen LogP contribution is -2.29. The molecular formula is C48H32. The van der Waals surface area contributed by atoms with Crippen molar-refractivity contribution >= 4 is 65.5 Å². The molecule has 0 saturated carbocycles. The maximum atomic E-state index is 2.40. The van der Waals surface area contributed by atoms with Crippen molar-refractivity contribution < 1.29 is 0 Å². The summed E-state index contributed by atoms with van der Waals surface area (Å²) in [5.41, 5.74) is 8.04. The molecule has 1 aliphatic carbocycles. The number of fused-ring (bicyclic) bond motifs is 6. The van der Waals surface area contributed by atoms with E-state index in [4.69, 9.17) is 0 Å². The van der Waals surface area contributed by atoms with E-state index in [1.54, 1.807) is 0 Å². The molecule has 0 aromatic heterocycles. The molecule has 10 rings (SSSR count). The third kappa shape index (κ3) is 3.96. The molecule has 0 heterocycles. The Morgan fingerprint density at radius 2 is 0.729 bits per heavy atom. The molecule has 0 spiro atoms. The molecule has 9 aromatic carbocycles. The fourth-order valence-corrected chi connectivity index (χ4v) is 8.57. The largest absolute Gasteiger partial charge is 0.0763 e. The minimum atomic E-state index is 1.04. The fraction of sp³-hybridized carbons (Fsp3) is 0.0417. The normalized spacial score (nSPS) is 13.0. The van der Waals surface area contributed by atoms with Gasteiger partial charge in [-0.1, -0.05) is 170 Å². The van der Waals surface area contributed by atoms with Crippen LogP contribution >= 0.6 is 0 Å². The van der Waals surface area contributed by atoms with Crippen molar-refractivity contribution in [3.63, 3.8) is 0 Å².